The maximum atomic E-state index is 10.8. The Balaban J connectivity index is 3.41. The number of rotatable bonds is 12. The molecule has 0 atom stereocenters. The van der Waals surface area contributed by atoms with Gasteiger partial charge >= 0.3 is 6.03 Å². The Morgan fingerprint density at radius 2 is 1.63 bits per heavy atom. The second-order valence-electron chi connectivity index (χ2n) is 3.46. The van der Waals surface area contributed by atoms with E-state index in [1.807, 2.05) is 0 Å². The average Bonchev–Trinajstić information content (AvgIpc) is 2.41. The first-order valence-corrected chi connectivity index (χ1v) is 5.83. The van der Waals surface area contributed by atoms with Gasteiger partial charge in [0.25, 0.3) is 0 Å². The van der Waals surface area contributed by atoms with Crippen LogP contribution in [0.1, 0.15) is 0 Å². The van der Waals surface area contributed by atoms with Crippen molar-refractivity contribution in [3.8, 4) is 0 Å². The van der Waals surface area contributed by atoms with Crippen molar-refractivity contribution in [2.24, 2.45) is 5.73 Å². The van der Waals surface area contributed by atoms with Gasteiger partial charge in [-0.2, -0.15) is 0 Å². The summed E-state index contributed by atoms with van der Waals surface area (Å²) >= 11 is 0. The number of ether oxygens (including phenoxy) is 2. The highest BCUT2D eigenvalue weighted by atomic mass is 16.5. The summed E-state index contributed by atoms with van der Waals surface area (Å²) in [4.78, 5) is 23.9. The van der Waals surface area contributed by atoms with Gasteiger partial charge in [-0.15, -0.1) is 0 Å². The van der Waals surface area contributed by atoms with Gasteiger partial charge in [-0.1, -0.05) is 13.2 Å². The molecule has 7 heteroatoms. The van der Waals surface area contributed by atoms with E-state index in [2.05, 4.69) is 13.2 Å². The summed E-state index contributed by atoms with van der Waals surface area (Å²) in [6.07, 6.45) is 3.46. The number of carbonyl (C=O) groups is 2. The lowest BCUT2D eigenvalue weighted by Crippen LogP contribution is -2.33. The van der Waals surface area contributed by atoms with Gasteiger partial charge in [0.2, 0.25) is 6.41 Å². The minimum absolute atomic E-state index is 0.353. The predicted octanol–water partition coefficient (Wildman–Crippen LogP) is 0.146. The Morgan fingerprint density at radius 1 is 1.05 bits per heavy atom. The Kier molecular flexibility index (Phi) is 10.1. The quantitative estimate of drug-likeness (QED) is 0.404. The molecule has 0 aromatic carbocycles. The number of carbonyl (C=O) groups excluding carboxylic acids is 2. The molecule has 0 heterocycles. The standard InChI is InChI=1S/C12H21N3O4/c1-3-14(11-16)5-7-18-9-10-19-8-6-15(4-2)12(13)17/h3-4,11H,1-2,5-10H2,(H2,13,17). The summed E-state index contributed by atoms with van der Waals surface area (Å²) in [6.45, 7) is 9.32. The number of hydrogen-bond donors (Lipinski definition) is 1. The Morgan fingerprint density at radius 3 is 2.05 bits per heavy atom. The summed E-state index contributed by atoms with van der Waals surface area (Å²) in [7, 11) is 0. The van der Waals surface area contributed by atoms with Gasteiger partial charge < -0.3 is 20.1 Å². The van der Waals surface area contributed by atoms with Crippen LogP contribution in [0.3, 0.4) is 0 Å². The van der Waals surface area contributed by atoms with Crippen LogP contribution in [-0.2, 0) is 14.3 Å². The van der Waals surface area contributed by atoms with Gasteiger partial charge in [0.05, 0.1) is 33.0 Å². The topological polar surface area (TPSA) is 85.1 Å². The molecule has 0 unspecified atom stereocenters. The lowest BCUT2D eigenvalue weighted by molar-refractivity contribution is -0.116. The lowest BCUT2D eigenvalue weighted by atomic mass is 10.6. The number of hydrogen-bond acceptors (Lipinski definition) is 4. The molecule has 2 N–H and O–H groups in total. The summed E-state index contributed by atoms with van der Waals surface area (Å²) < 4.78 is 10.5. The van der Waals surface area contributed by atoms with E-state index in [1.165, 1.54) is 22.2 Å². The molecule has 0 aliphatic rings. The van der Waals surface area contributed by atoms with E-state index >= 15 is 0 Å². The Hall–Kier alpha value is -1.86. The number of urea groups is 1. The zero-order valence-corrected chi connectivity index (χ0v) is 11.0. The lowest BCUT2D eigenvalue weighted by Gasteiger charge is -2.15. The number of primary amides is 1. The number of nitrogens with zero attached hydrogens (tertiary/aromatic N) is 2. The molecule has 108 valence electrons. The largest absolute Gasteiger partial charge is 0.377 e. The van der Waals surface area contributed by atoms with Crippen LogP contribution in [-0.4, -0.2) is 61.8 Å². The van der Waals surface area contributed by atoms with Crippen molar-refractivity contribution in [3.63, 3.8) is 0 Å². The third kappa shape index (κ3) is 8.81. The van der Waals surface area contributed by atoms with Crippen LogP contribution in [0.2, 0.25) is 0 Å². The number of nitrogens with two attached hydrogens (primary N) is 1. The molecule has 7 nitrogen and oxygen atoms in total. The van der Waals surface area contributed by atoms with E-state index in [-0.39, 0.29) is 0 Å². The Bertz CT molecular complexity index is 289. The van der Waals surface area contributed by atoms with Gasteiger partial charge in [-0.3, -0.25) is 9.69 Å². The van der Waals surface area contributed by atoms with Crippen LogP contribution in [0, 0.1) is 0 Å². The first-order chi connectivity index (χ1) is 9.15. The van der Waals surface area contributed by atoms with E-state index in [1.54, 1.807) is 0 Å². The first kappa shape index (κ1) is 17.1. The van der Waals surface area contributed by atoms with Crippen molar-refractivity contribution < 1.29 is 19.1 Å². The summed E-state index contributed by atoms with van der Waals surface area (Å²) in [5.74, 6) is 0. The van der Waals surface area contributed by atoms with Gasteiger partial charge in [0, 0.05) is 12.7 Å². The normalized spacial score (nSPS) is 9.68. The molecule has 0 bridgehead atoms. The molecule has 3 amide bonds. The molecule has 0 saturated carbocycles. The summed E-state index contributed by atoms with van der Waals surface area (Å²) in [5, 5.41) is 0. The SMILES string of the molecule is C=CN(C=O)CCOCCOCCN(C=C)C(N)=O. The zero-order chi connectivity index (χ0) is 14.5. The van der Waals surface area contributed by atoms with Crippen LogP contribution in [0.5, 0.6) is 0 Å². The van der Waals surface area contributed by atoms with Crippen molar-refractivity contribution in [1.82, 2.24) is 9.80 Å². The summed E-state index contributed by atoms with van der Waals surface area (Å²) in [6, 6.07) is -0.562. The molecule has 19 heavy (non-hydrogen) atoms. The smallest absolute Gasteiger partial charge is 0.318 e. The van der Waals surface area contributed by atoms with E-state index in [0.29, 0.717) is 45.9 Å². The third-order valence-corrected chi connectivity index (χ3v) is 2.22. The van der Waals surface area contributed by atoms with Crippen LogP contribution in [0.25, 0.3) is 0 Å². The third-order valence-electron chi connectivity index (χ3n) is 2.22. The maximum absolute atomic E-state index is 10.8. The first-order valence-electron chi connectivity index (χ1n) is 5.83. The second kappa shape index (κ2) is 11.2. The van der Waals surface area contributed by atoms with Crippen molar-refractivity contribution in [2.75, 3.05) is 39.5 Å². The fourth-order valence-electron chi connectivity index (χ4n) is 1.13. The molecule has 0 spiro atoms. The average molecular weight is 271 g/mol. The van der Waals surface area contributed by atoms with Gasteiger partial charge in [-0.05, 0) is 6.20 Å². The van der Waals surface area contributed by atoms with Crippen LogP contribution < -0.4 is 5.73 Å². The molecular weight excluding hydrogens is 250 g/mol. The molecule has 0 radical (unpaired) electrons. The zero-order valence-electron chi connectivity index (χ0n) is 11.0. The summed E-state index contributed by atoms with van der Waals surface area (Å²) in [5.41, 5.74) is 5.08. The molecule has 0 rings (SSSR count). The maximum Gasteiger partial charge on any atom is 0.318 e. The Labute approximate surface area is 113 Å². The molecule has 0 saturated heterocycles. The van der Waals surface area contributed by atoms with E-state index < -0.39 is 6.03 Å². The fourth-order valence-corrected chi connectivity index (χ4v) is 1.13. The highest BCUT2D eigenvalue weighted by molar-refractivity contribution is 5.72. The van der Waals surface area contributed by atoms with E-state index in [0.717, 1.165) is 0 Å². The van der Waals surface area contributed by atoms with Crippen molar-refractivity contribution in [3.05, 3.63) is 25.6 Å². The van der Waals surface area contributed by atoms with Crippen molar-refractivity contribution in [2.45, 2.75) is 0 Å². The molecule has 0 aromatic rings. The fraction of sp³-hybridized carbons (Fsp3) is 0.500. The molecule has 0 aromatic heterocycles. The van der Waals surface area contributed by atoms with Crippen LogP contribution in [0.4, 0.5) is 4.79 Å². The number of amides is 3. The minimum atomic E-state index is -0.562. The van der Waals surface area contributed by atoms with E-state index in [4.69, 9.17) is 15.2 Å². The van der Waals surface area contributed by atoms with Gasteiger partial charge in [0.15, 0.2) is 0 Å². The molecule has 0 aliphatic carbocycles. The minimum Gasteiger partial charge on any atom is -0.377 e. The van der Waals surface area contributed by atoms with Crippen LogP contribution >= 0.6 is 0 Å². The molecule has 0 aliphatic heterocycles. The van der Waals surface area contributed by atoms with E-state index in [9.17, 15) is 9.59 Å². The van der Waals surface area contributed by atoms with Crippen LogP contribution in [0.15, 0.2) is 25.6 Å². The molecule has 0 fully saturated rings. The van der Waals surface area contributed by atoms with Crippen molar-refractivity contribution in [1.29, 1.82) is 0 Å². The van der Waals surface area contributed by atoms with Gasteiger partial charge in [0.1, 0.15) is 0 Å². The second-order valence-corrected chi connectivity index (χ2v) is 3.46. The highest BCUT2D eigenvalue weighted by Gasteiger charge is 2.03. The van der Waals surface area contributed by atoms with Crippen molar-refractivity contribution >= 4 is 12.4 Å². The monoisotopic (exact) mass is 271 g/mol. The predicted molar refractivity (Wildman–Crippen MR) is 71.1 cm³/mol. The molecular formula is C12H21N3O4. The van der Waals surface area contributed by atoms with Gasteiger partial charge in [-0.25, -0.2) is 4.79 Å². The highest BCUT2D eigenvalue weighted by Crippen LogP contribution is 1.89.